The van der Waals surface area contributed by atoms with E-state index < -0.39 is 0 Å². The lowest BCUT2D eigenvalue weighted by Gasteiger charge is -2.21. The first-order valence-electron chi connectivity index (χ1n) is 19.8. The van der Waals surface area contributed by atoms with Crippen molar-refractivity contribution in [3.63, 3.8) is 0 Å². The maximum absolute atomic E-state index is 2.44. The minimum atomic E-state index is 1.26. The second-order valence-corrected chi connectivity index (χ2v) is 15.9. The predicted octanol–water partition coefficient (Wildman–Crippen LogP) is 15.8. The lowest BCUT2D eigenvalue weighted by atomic mass is 9.82. The fourth-order valence-electron chi connectivity index (χ4n) is 10.8. The fraction of sp³-hybridized carbons (Fsp3) is 0.0357. The van der Waals surface area contributed by atoms with Crippen molar-refractivity contribution in [1.82, 2.24) is 0 Å². The first-order chi connectivity index (χ1) is 27.7. The molecule has 258 valence electrons. The standard InChI is InChI=1S/C56H34/c1-31-12-6-8-16-35(31)34-20-21-37-40-22-23-41-44-27-29-47-54-46(28-26-43(53(44)54)42-24-25-45(48(37)30-34)51(40)52(41)42)55-49(33-14-4-3-5-15-33)38-18-10-11-19-39(38)50(56(47)55)36-17-9-7-13-32(36)2/h3-30H,1-2H3. The summed E-state index contributed by atoms with van der Waals surface area (Å²) in [4.78, 5) is 0. The van der Waals surface area contributed by atoms with Crippen LogP contribution in [-0.4, -0.2) is 0 Å². The highest BCUT2D eigenvalue weighted by Crippen LogP contribution is 2.61. The molecule has 0 amide bonds. The molecule has 0 heterocycles. The zero-order valence-corrected chi connectivity index (χ0v) is 31.2. The minimum absolute atomic E-state index is 1.26. The van der Waals surface area contributed by atoms with Gasteiger partial charge in [-0.3, -0.25) is 0 Å². The highest BCUT2D eigenvalue weighted by molar-refractivity contribution is 6.41. The number of hydrogen-bond acceptors (Lipinski definition) is 0. The van der Waals surface area contributed by atoms with Gasteiger partial charge in [0.15, 0.2) is 0 Å². The summed E-state index contributed by atoms with van der Waals surface area (Å²) in [5, 5.41) is 13.5. The van der Waals surface area contributed by atoms with Gasteiger partial charge in [-0.1, -0.05) is 164 Å². The van der Waals surface area contributed by atoms with Gasteiger partial charge >= 0.3 is 0 Å². The molecule has 0 fully saturated rings. The van der Waals surface area contributed by atoms with E-state index in [4.69, 9.17) is 0 Å². The lowest BCUT2D eigenvalue weighted by Crippen LogP contribution is -1.94. The molecule has 0 saturated heterocycles. The molecule has 0 unspecified atom stereocenters. The number of rotatable bonds is 3. The molecular formula is C56H34. The van der Waals surface area contributed by atoms with Gasteiger partial charge in [0.25, 0.3) is 0 Å². The molecule has 0 radical (unpaired) electrons. The van der Waals surface area contributed by atoms with E-state index >= 15 is 0 Å². The molecule has 11 aromatic carbocycles. The SMILES string of the molecule is Cc1ccccc1-c1ccc2c(c1)-c1ccc3c4ccc5c6c(ccc(c7ccc-2c1c37)c64)-c1c-5c(-c2ccccc2)c2ccccc2c1-c1ccccc1C. The average Bonchev–Trinajstić information content (AvgIpc) is 3.75. The number of aryl methyl sites for hydroxylation is 2. The van der Waals surface area contributed by atoms with Crippen LogP contribution in [0.1, 0.15) is 11.1 Å². The normalized spacial score (nSPS) is 12.5. The van der Waals surface area contributed by atoms with E-state index in [2.05, 4.69) is 184 Å². The molecule has 0 atom stereocenters. The summed E-state index contributed by atoms with van der Waals surface area (Å²) < 4.78 is 0. The Hall–Kier alpha value is -7.02. The van der Waals surface area contributed by atoms with Crippen molar-refractivity contribution in [3.05, 3.63) is 181 Å². The molecular weight excluding hydrogens is 673 g/mol. The van der Waals surface area contributed by atoms with Gasteiger partial charge in [0, 0.05) is 0 Å². The van der Waals surface area contributed by atoms with E-state index in [9.17, 15) is 0 Å². The molecule has 0 bridgehead atoms. The van der Waals surface area contributed by atoms with Crippen molar-refractivity contribution in [2.45, 2.75) is 13.8 Å². The first kappa shape index (κ1) is 30.3. The Morgan fingerprint density at radius 3 is 1.32 bits per heavy atom. The molecule has 11 aromatic rings. The molecule has 0 aliphatic heterocycles. The van der Waals surface area contributed by atoms with E-state index in [1.54, 1.807) is 0 Å². The van der Waals surface area contributed by atoms with E-state index in [1.165, 1.54) is 143 Å². The van der Waals surface area contributed by atoms with Crippen LogP contribution in [-0.2, 0) is 0 Å². The van der Waals surface area contributed by atoms with Crippen molar-refractivity contribution in [1.29, 1.82) is 0 Å². The Kier molecular flexibility index (Phi) is 5.85. The van der Waals surface area contributed by atoms with Crippen molar-refractivity contribution in [2.75, 3.05) is 0 Å². The zero-order valence-electron chi connectivity index (χ0n) is 31.2. The van der Waals surface area contributed by atoms with Crippen LogP contribution >= 0.6 is 0 Å². The number of fused-ring (bicyclic) bond motifs is 9. The zero-order chi connectivity index (χ0) is 36.8. The molecule has 2 aliphatic rings. The van der Waals surface area contributed by atoms with Crippen LogP contribution < -0.4 is 0 Å². The lowest BCUT2D eigenvalue weighted by molar-refractivity contribution is 1.46. The van der Waals surface area contributed by atoms with E-state index in [1.807, 2.05) is 0 Å². The van der Waals surface area contributed by atoms with Crippen LogP contribution in [0.3, 0.4) is 0 Å². The Morgan fingerprint density at radius 2 is 0.696 bits per heavy atom. The summed E-state index contributed by atoms with van der Waals surface area (Å²) >= 11 is 0. The van der Waals surface area contributed by atoms with Crippen molar-refractivity contribution >= 4 is 53.9 Å². The van der Waals surface area contributed by atoms with E-state index in [0.29, 0.717) is 0 Å². The second-order valence-electron chi connectivity index (χ2n) is 15.9. The first-order valence-corrected chi connectivity index (χ1v) is 19.8. The predicted molar refractivity (Wildman–Crippen MR) is 240 cm³/mol. The van der Waals surface area contributed by atoms with Gasteiger partial charge in [-0.15, -0.1) is 0 Å². The maximum atomic E-state index is 2.44. The van der Waals surface area contributed by atoms with E-state index in [0.717, 1.165) is 0 Å². The molecule has 0 spiro atoms. The fourth-order valence-corrected chi connectivity index (χ4v) is 10.8. The summed E-state index contributed by atoms with van der Waals surface area (Å²) in [6.07, 6.45) is 0. The highest BCUT2D eigenvalue weighted by Gasteiger charge is 2.33. The van der Waals surface area contributed by atoms with Crippen LogP contribution in [0.2, 0.25) is 0 Å². The Morgan fingerprint density at radius 1 is 0.232 bits per heavy atom. The van der Waals surface area contributed by atoms with Gasteiger partial charge in [-0.2, -0.15) is 0 Å². The van der Waals surface area contributed by atoms with Gasteiger partial charge in [-0.05, 0) is 163 Å². The van der Waals surface area contributed by atoms with Crippen LogP contribution in [0.15, 0.2) is 170 Å². The molecule has 0 saturated carbocycles. The van der Waals surface area contributed by atoms with Gasteiger partial charge in [0.1, 0.15) is 0 Å². The molecule has 2 aliphatic carbocycles. The summed E-state index contributed by atoms with van der Waals surface area (Å²) in [7, 11) is 0. The molecule has 0 nitrogen and oxygen atoms in total. The average molecular weight is 707 g/mol. The Bertz CT molecular complexity index is 3510. The van der Waals surface area contributed by atoms with Gasteiger partial charge in [-0.25, -0.2) is 0 Å². The number of hydrogen-bond donors (Lipinski definition) is 0. The van der Waals surface area contributed by atoms with Crippen molar-refractivity contribution in [3.8, 4) is 77.9 Å². The summed E-state index contributed by atoms with van der Waals surface area (Å²) in [5.41, 5.74) is 21.1. The quantitative estimate of drug-likeness (QED) is 0.127. The summed E-state index contributed by atoms with van der Waals surface area (Å²) in [6.45, 7) is 4.47. The van der Waals surface area contributed by atoms with Gasteiger partial charge in [0.05, 0.1) is 0 Å². The second kappa shape index (κ2) is 10.8. The van der Waals surface area contributed by atoms with Crippen LogP contribution in [0.25, 0.3) is 132 Å². The smallest absolute Gasteiger partial charge is 0.000730 e. The molecule has 13 rings (SSSR count). The largest absolute Gasteiger partial charge is 0.0622 e. The summed E-state index contributed by atoms with van der Waals surface area (Å²) in [6, 6.07) is 64.2. The van der Waals surface area contributed by atoms with Crippen molar-refractivity contribution in [2.24, 2.45) is 0 Å². The monoisotopic (exact) mass is 706 g/mol. The summed E-state index contributed by atoms with van der Waals surface area (Å²) in [5.74, 6) is 0. The third kappa shape index (κ3) is 3.74. The van der Waals surface area contributed by atoms with Gasteiger partial charge in [0.2, 0.25) is 0 Å². The van der Waals surface area contributed by atoms with Crippen LogP contribution in [0, 0.1) is 13.8 Å². The maximum Gasteiger partial charge on any atom is -0.000730 e. The molecule has 0 N–H and O–H groups in total. The third-order valence-corrected chi connectivity index (χ3v) is 13.2. The topological polar surface area (TPSA) is 0 Å². The Balaban J connectivity index is 1.14. The molecule has 0 heteroatoms. The molecule has 0 aromatic heterocycles. The highest BCUT2D eigenvalue weighted by atomic mass is 14.4. The minimum Gasteiger partial charge on any atom is -0.0622 e. The van der Waals surface area contributed by atoms with Crippen molar-refractivity contribution < 1.29 is 0 Å². The molecule has 56 heavy (non-hydrogen) atoms. The van der Waals surface area contributed by atoms with Crippen LogP contribution in [0.4, 0.5) is 0 Å². The van der Waals surface area contributed by atoms with Gasteiger partial charge < -0.3 is 0 Å². The van der Waals surface area contributed by atoms with Crippen LogP contribution in [0.5, 0.6) is 0 Å². The number of benzene rings is 11. The Labute approximate surface area is 325 Å². The van der Waals surface area contributed by atoms with E-state index in [-0.39, 0.29) is 0 Å². The third-order valence-electron chi connectivity index (χ3n) is 13.2.